The van der Waals surface area contributed by atoms with E-state index in [0.29, 0.717) is 0 Å². The van der Waals surface area contributed by atoms with E-state index in [1.807, 2.05) is 0 Å². The van der Waals surface area contributed by atoms with Gasteiger partial charge in [-0.05, 0) is 6.92 Å². The Balaban J connectivity index is 3.13. The van der Waals surface area contributed by atoms with Crippen LogP contribution in [0.15, 0.2) is 0 Å². The molecular weight excluding hydrogens is 112 g/mol. The third-order valence-corrected chi connectivity index (χ3v) is 0.480. The molecule has 2 amide bonds. The van der Waals surface area contributed by atoms with E-state index in [9.17, 15) is 4.79 Å². The highest BCUT2D eigenvalue weighted by Crippen LogP contribution is 1.82. The summed E-state index contributed by atoms with van der Waals surface area (Å²) in [5, 5.41) is 2.15. The van der Waals surface area contributed by atoms with Crippen molar-refractivity contribution in [2.75, 3.05) is 0 Å². The largest absolute Gasteiger partial charge is 0.352 e. The van der Waals surface area contributed by atoms with Gasteiger partial charge in [0, 0.05) is 0 Å². The van der Waals surface area contributed by atoms with Crippen molar-refractivity contribution in [1.29, 1.82) is 0 Å². The molecule has 1 unspecified atom stereocenters. The van der Waals surface area contributed by atoms with E-state index in [4.69, 9.17) is 5.73 Å². The summed E-state index contributed by atoms with van der Waals surface area (Å²) in [5.74, 6) is 0. The van der Waals surface area contributed by atoms with Gasteiger partial charge in [-0.1, -0.05) is 0 Å². The molecule has 3 N–H and O–H groups in total. The predicted octanol–water partition coefficient (Wildman–Crippen LogP) is -0.0695. The molecule has 0 aromatic carbocycles. The molecule has 0 aliphatic carbocycles. The number of hydrogen-bond acceptors (Lipinski definition) is 2. The van der Waals surface area contributed by atoms with E-state index in [0.717, 1.165) is 0 Å². The van der Waals surface area contributed by atoms with Gasteiger partial charge in [-0.25, -0.2) is 4.79 Å². The summed E-state index contributed by atoms with van der Waals surface area (Å²) in [6, 6.07) is -0.539. The van der Waals surface area contributed by atoms with Crippen molar-refractivity contribution < 1.29 is 4.79 Å². The average molecular weight is 120 g/mol. The first kappa shape index (κ1) is 6.62. The van der Waals surface area contributed by atoms with Crippen molar-refractivity contribution in [3.63, 3.8) is 0 Å². The second-order valence-corrected chi connectivity index (χ2v) is 1.96. The molecule has 0 aromatic rings. The first-order valence-electron chi connectivity index (χ1n) is 1.87. The van der Waals surface area contributed by atoms with E-state index in [1.54, 1.807) is 6.92 Å². The van der Waals surface area contributed by atoms with Gasteiger partial charge in [0.05, 0.1) is 5.37 Å². The maximum Gasteiger partial charge on any atom is 0.313 e. The molecule has 7 heavy (non-hydrogen) atoms. The second kappa shape index (κ2) is 2.74. The Bertz CT molecular complexity index is 73.3. The van der Waals surface area contributed by atoms with Gasteiger partial charge in [-0.3, -0.25) is 0 Å². The zero-order chi connectivity index (χ0) is 5.86. The Morgan fingerprint density at radius 2 is 2.43 bits per heavy atom. The van der Waals surface area contributed by atoms with Crippen LogP contribution in [0.25, 0.3) is 0 Å². The van der Waals surface area contributed by atoms with Gasteiger partial charge < -0.3 is 11.1 Å². The molecule has 0 aliphatic rings. The third-order valence-electron chi connectivity index (χ3n) is 0.351. The Morgan fingerprint density at radius 1 is 2.00 bits per heavy atom. The molecule has 0 radical (unpaired) electrons. The molecular formula is C3H8N2OS. The maximum absolute atomic E-state index is 9.87. The number of nitrogens with two attached hydrogens (primary N) is 1. The Hall–Kier alpha value is -0.380. The van der Waals surface area contributed by atoms with Crippen LogP contribution in [0.4, 0.5) is 4.79 Å². The fraction of sp³-hybridized carbons (Fsp3) is 0.667. The molecule has 4 heteroatoms. The molecule has 0 heterocycles. The molecule has 1 atom stereocenters. The van der Waals surface area contributed by atoms with Gasteiger partial charge in [0.25, 0.3) is 0 Å². The summed E-state index contributed by atoms with van der Waals surface area (Å²) in [4.78, 5) is 9.87. The Morgan fingerprint density at radius 3 is 2.43 bits per heavy atom. The minimum atomic E-state index is -0.539. The standard InChI is InChI=1S/C3H8N2OS/c1-2(7)5-3(4)6/h2,7H,1H3,(H3,4,5,6). The number of rotatable bonds is 1. The summed E-state index contributed by atoms with van der Waals surface area (Å²) in [5.41, 5.74) is 4.69. The van der Waals surface area contributed by atoms with Crippen LogP contribution in [0.2, 0.25) is 0 Å². The highest BCUT2D eigenvalue weighted by molar-refractivity contribution is 7.80. The third kappa shape index (κ3) is 5.62. The van der Waals surface area contributed by atoms with Crippen LogP contribution >= 0.6 is 12.6 Å². The van der Waals surface area contributed by atoms with Crippen LogP contribution in [0, 0.1) is 0 Å². The number of thiol groups is 1. The van der Waals surface area contributed by atoms with Crippen LogP contribution in [0.3, 0.4) is 0 Å². The summed E-state index contributed by atoms with van der Waals surface area (Å²) < 4.78 is 0. The predicted molar refractivity (Wildman–Crippen MR) is 31.2 cm³/mol. The lowest BCUT2D eigenvalue weighted by Crippen LogP contribution is -2.33. The summed E-state index contributed by atoms with van der Waals surface area (Å²) in [6.45, 7) is 1.72. The fourth-order valence-corrected chi connectivity index (χ4v) is 0.333. The Kier molecular flexibility index (Phi) is 2.59. The number of amides is 2. The molecule has 42 valence electrons. The molecule has 0 saturated carbocycles. The average Bonchev–Trinajstić information content (AvgIpc) is 1.27. The lowest BCUT2D eigenvalue weighted by atomic mass is 10.7. The topological polar surface area (TPSA) is 55.1 Å². The quantitative estimate of drug-likeness (QED) is 0.329. The normalized spacial score (nSPS) is 12.9. The molecule has 3 nitrogen and oxygen atoms in total. The number of urea groups is 1. The van der Waals surface area contributed by atoms with Crippen molar-refractivity contribution in [3.8, 4) is 0 Å². The van der Waals surface area contributed by atoms with E-state index >= 15 is 0 Å². The van der Waals surface area contributed by atoms with Gasteiger partial charge >= 0.3 is 6.03 Å². The smallest absolute Gasteiger partial charge is 0.313 e. The zero-order valence-corrected chi connectivity index (χ0v) is 4.90. The summed E-state index contributed by atoms with van der Waals surface area (Å²) in [6.07, 6.45) is 0. The first-order valence-corrected chi connectivity index (χ1v) is 2.38. The van der Waals surface area contributed by atoms with E-state index in [1.165, 1.54) is 0 Å². The summed E-state index contributed by atoms with van der Waals surface area (Å²) in [7, 11) is 0. The second-order valence-electron chi connectivity index (χ2n) is 1.18. The van der Waals surface area contributed by atoms with Crippen LogP contribution in [0.1, 0.15) is 6.92 Å². The zero-order valence-electron chi connectivity index (χ0n) is 4.01. The van der Waals surface area contributed by atoms with Crippen LogP contribution < -0.4 is 11.1 Å². The van der Waals surface area contributed by atoms with Crippen LogP contribution in [-0.4, -0.2) is 11.4 Å². The van der Waals surface area contributed by atoms with Gasteiger partial charge in [0.15, 0.2) is 0 Å². The SMILES string of the molecule is CC(S)NC(N)=O. The van der Waals surface area contributed by atoms with E-state index < -0.39 is 6.03 Å². The van der Waals surface area contributed by atoms with Gasteiger partial charge in [0.2, 0.25) is 0 Å². The fourth-order valence-electron chi connectivity index (χ4n) is 0.206. The Labute approximate surface area is 47.7 Å². The van der Waals surface area contributed by atoms with Gasteiger partial charge in [-0.2, -0.15) is 12.6 Å². The first-order chi connectivity index (χ1) is 3.13. The highest BCUT2D eigenvalue weighted by Gasteiger charge is 1.92. The molecule has 0 rings (SSSR count). The van der Waals surface area contributed by atoms with Crippen molar-refractivity contribution >= 4 is 18.7 Å². The van der Waals surface area contributed by atoms with Crippen molar-refractivity contribution in [2.45, 2.75) is 12.3 Å². The highest BCUT2D eigenvalue weighted by atomic mass is 32.1. The van der Waals surface area contributed by atoms with E-state index in [2.05, 4.69) is 17.9 Å². The lowest BCUT2D eigenvalue weighted by molar-refractivity contribution is 0.249. The number of nitrogens with one attached hydrogen (secondary N) is 1. The molecule has 0 bridgehead atoms. The molecule has 0 saturated heterocycles. The number of carbonyl (C=O) groups is 1. The van der Waals surface area contributed by atoms with Gasteiger partial charge in [0.1, 0.15) is 0 Å². The number of hydrogen-bond donors (Lipinski definition) is 3. The van der Waals surface area contributed by atoms with Crippen LogP contribution in [0.5, 0.6) is 0 Å². The molecule has 0 aliphatic heterocycles. The van der Waals surface area contributed by atoms with Crippen LogP contribution in [-0.2, 0) is 0 Å². The number of primary amides is 1. The summed E-state index contributed by atoms with van der Waals surface area (Å²) >= 11 is 3.83. The minimum absolute atomic E-state index is 0.155. The number of carbonyl (C=O) groups excluding carboxylic acids is 1. The van der Waals surface area contributed by atoms with Crippen molar-refractivity contribution in [1.82, 2.24) is 5.32 Å². The van der Waals surface area contributed by atoms with Crippen molar-refractivity contribution in [3.05, 3.63) is 0 Å². The van der Waals surface area contributed by atoms with Gasteiger partial charge in [-0.15, -0.1) is 0 Å². The van der Waals surface area contributed by atoms with Crippen molar-refractivity contribution in [2.24, 2.45) is 5.73 Å². The monoisotopic (exact) mass is 120 g/mol. The molecule has 0 fully saturated rings. The molecule has 0 spiro atoms. The lowest BCUT2D eigenvalue weighted by Gasteiger charge is -2.00. The van der Waals surface area contributed by atoms with E-state index in [-0.39, 0.29) is 5.37 Å². The molecule has 0 aromatic heterocycles. The minimum Gasteiger partial charge on any atom is -0.352 e. The maximum atomic E-state index is 9.87.